The Morgan fingerprint density at radius 2 is 1.58 bits per heavy atom. The lowest BCUT2D eigenvalue weighted by Gasteiger charge is -2.28. The highest BCUT2D eigenvalue weighted by molar-refractivity contribution is 7.80. The molecule has 0 aliphatic carbocycles. The molecule has 1 fully saturated rings. The van der Waals surface area contributed by atoms with Crippen molar-refractivity contribution in [2.24, 2.45) is 0 Å². The number of aryl methyl sites for hydroxylation is 1. The van der Waals surface area contributed by atoms with Gasteiger partial charge in [-0.1, -0.05) is 6.07 Å². The molecule has 1 aliphatic rings. The number of benzene rings is 3. The number of rotatable bonds is 9. The molecule has 11 heteroatoms. The van der Waals surface area contributed by atoms with Crippen LogP contribution >= 0.6 is 12.2 Å². The number of aromatic nitrogens is 2. The predicted octanol–water partition coefficient (Wildman–Crippen LogP) is 7.38. The van der Waals surface area contributed by atoms with Crippen LogP contribution in [0.15, 0.2) is 97.2 Å². The molecule has 0 radical (unpaired) electrons. The second kappa shape index (κ2) is 12.3. The van der Waals surface area contributed by atoms with Gasteiger partial charge in [0.1, 0.15) is 23.0 Å². The number of anilines is 1. The molecule has 2 atom stereocenters. The standard InChI is InChI=1S/C34H31N5O5S/c1-21-19-28(22(2)37(21)30-17-10-24(39(40)41)20-31(30)43-4)33-32(29-7-5-6-18-35-29)36-34(45)38(33)23-8-11-26(12-9-23)44-27-15-13-25(42-3)14-16-27/h5-20,32-33H,1-4H3,(H,36,45). The highest BCUT2D eigenvalue weighted by Gasteiger charge is 2.42. The van der Waals surface area contributed by atoms with Crippen molar-refractivity contribution in [2.75, 3.05) is 19.1 Å². The summed E-state index contributed by atoms with van der Waals surface area (Å²) < 4.78 is 19.0. The minimum atomic E-state index is -0.430. The Balaban J connectivity index is 1.40. The fourth-order valence-electron chi connectivity index (χ4n) is 5.83. The number of pyridine rings is 1. The van der Waals surface area contributed by atoms with Gasteiger partial charge in [-0.2, -0.15) is 0 Å². The topological polar surface area (TPSA) is 104 Å². The van der Waals surface area contributed by atoms with Crippen LogP contribution in [-0.2, 0) is 0 Å². The molecule has 3 aromatic carbocycles. The monoisotopic (exact) mass is 621 g/mol. The maximum atomic E-state index is 11.4. The van der Waals surface area contributed by atoms with Crippen molar-refractivity contribution in [1.82, 2.24) is 14.9 Å². The van der Waals surface area contributed by atoms with Crippen LogP contribution in [0.3, 0.4) is 0 Å². The average Bonchev–Trinajstić information content (AvgIpc) is 3.56. The molecule has 0 saturated carbocycles. The Labute approximate surface area is 266 Å². The van der Waals surface area contributed by atoms with E-state index in [0.717, 1.165) is 34.1 Å². The van der Waals surface area contributed by atoms with E-state index in [1.165, 1.54) is 19.2 Å². The molecule has 1 N–H and O–H groups in total. The molecule has 0 spiro atoms. The first-order valence-electron chi connectivity index (χ1n) is 14.2. The fourth-order valence-corrected chi connectivity index (χ4v) is 6.17. The Morgan fingerprint density at radius 3 is 2.20 bits per heavy atom. The van der Waals surface area contributed by atoms with Gasteiger partial charge in [0.2, 0.25) is 0 Å². The number of non-ortho nitro benzene ring substituents is 1. The van der Waals surface area contributed by atoms with Crippen molar-refractivity contribution in [2.45, 2.75) is 25.9 Å². The number of nitro groups is 1. The van der Waals surface area contributed by atoms with Crippen LogP contribution in [0.1, 0.15) is 34.7 Å². The molecular formula is C34H31N5O5S. The van der Waals surface area contributed by atoms with Crippen LogP contribution in [0.5, 0.6) is 23.0 Å². The molecule has 1 saturated heterocycles. The minimum Gasteiger partial charge on any atom is -0.497 e. The molecule has 45 heavy (non-hydrogen) atoms. The maximum Gasteiger partial charge on any atom is 0.273 e. The van der Waals surface area contributed by atoms with Gasteiger partial charge in [0.15, 0.2) is 5.11 Å². The van der Waals surface area contributed by atoms with Gasteiger partial charge < -0.3 is 29.0 Å². The summed E-state index contributed by atoms with van der Waals surface area (Å²) in [5, 5.41) is 15.5. The zero-order chi connectivity index (χ0) is 31.7. The van der Waals surface area contributed by atoms with Crippen LogP contribution in [0, 0.1) is 24.0 Å². The molecule has 2 unspecified atom stereocenters. The smallest absolute Gasteiger partial charge is 0.273 e. The van der Waals surface area contributed by atoms with Gasteiger partial charge in [0.05, 0.1) is 48.7 Å². The molecule has 1 aliphatic heterocycles. The van der Waals surface area contributed by atoms with E-state index in [2.05, 4.69) is 25.8 Å². The molecule has 10 nitrogen and oxygen atoms in total. The van der Waals surface area contributed by atoms with E-state index >= 15 is 0 Å². The summed E-state index contributed by atoms with van der Waals surface area (Å²) in [6.07, 6.45) is 1.77. The lowest BCUT2D eigenvalue weighted by atomic mass is 9.96. The third kappa shape index (κ3) is 5.65. The second-order valence-corrected chi connectivity index (χ2v) is 10.9. The van der Waals surface area contributed by atoms with Gasteiger partial charge in [-0.15, -0.1) is 0 Å². The number of nitro benzene ring substituents is 1. The summed E-state index contributed by atoms with van der Waals surface area (Å²) in [6, 6.07) is 27.3. The van der Waals surface area contributed by atoms with Crippen molar-refractivity contribution >= 4 is 28.7 Å². The first kappa shape index (κ1) is 29.6. The SMILES string of the molecule is COc1ccc(Oc2ccc(N3C(=S)NC(c4ccccn4)C3c3cc(C)n(-c4ccc([N+](=O)[O-])cc4OC)c3C)cc2)cc1. The molecule has 0 amide bonds. The molecule has 2 aromatic heterocycles. The van der Waals surface area contributed by atoms with E-state index < -0.39 is 4.92 Å². The Bertz CT molecular complexity index is 1860. The van der Waals surface area contributed by atoms with Crippen molar-refractivity contribution in [3.63, 3.8) is 0 Å². The second-order valence-electron chi connectivity index (χ2n) is 10.5. The third-order valence-corrected chi connectivity index (χ3v) is 8.23. The van der Waals surface area contributed by atoms with Crippen molar-refractivity contribution in [3.05, 3.63) is 130 Å². The van der Waals surface area contributed by atoms with E-state index in [4.69, 9.17) is 26.4 Å². The lowest BCUT2D eigenvalue weighted by Crippen LogP contribution is -2.29. The Morgan fingerprint density at radius 1 is 0.889 bits per heavy atom. The van der Waals surface area contributed by atoms with Gasteiger partial charge >= 0.3 is 0 Å². The molecule has 6 rings (SSSR count). The molecule has 5 aromatic rings. The van der Waals surface area contributed by atoms with E-state index in [0.29, 0.717) is 28.0 Å². The first-order chi connectivity index (χ1) is 21.8. The Hall–Kier alpha value is -5.42. The number of thiocarbonyl (C=S) groups is 1. The number of hydrogen-bond donors (Lipinski definition) is 1. The van der Waals surface area contributed by atoms with E-state index in [1.807, 2.05) is 80.6 Å². The first-order valence-corrected chi connectivity index (χ1v) is 14.6. The van der Waals surface area contributed by atoms with Crippen molar-refractivity contribution in [1.29, 1.82) is 0 Å². The largest absolute Gasteiger partial charge is 0.497 e. The van der Waals surface area contributed by atoms with Gasteiger partial charge in [0, 0.05) is 29.3 Å². The molecular weight excluding hydrogens is 590 g/mol. The number of hydrogen-bond acceptors (Lipinski definition) is 7. The highest BCUT2D eigenvalue weighted by atomic mass is 32.1. The summed E-state index contributed by atoms with van der Waals surface area (Å²) in [5.74, 6) is 2.54. The predicted molar refractivity (Wildman–Crippen MR) is 176 cm³/mol. The zero-order valence-electron chi connectivity index (χ0n) is 25.1. The van der Waals surface area contributed by atoms with Crippen molar-refractivity contribution in [3.8, 4) is 28.7 Å². The van der Waals surface area contributed by atoms with E-state index in [-0.39, 0.29) is 17.8 Å². The Kier molecular flexibility index (Phi) is 8.10. The summed E-state index contributed by atoms with van der Waals surface area (Å²) in [4.78, 5) is 17.8. The molecule has 228 valence electrons. The normalized spacial score (nSPS) is 15.9. The van der Waals surface area contributed by atoms with Crippen LogP contribution in [0.4, 0.5) is 11.4 Å². The van der Waals surface area contributed by atoms with Crippen LogP contribution in [-0.4, -0.2) is 33.8 Å². The number of methoxy groups -OCH3 is 2. The van der Waals surface area contributed by atoms with Gasteiger partial charge in [-0.25, -0.2) is 0 Å². The molecule has 0 bridgehead atoms. The van der Waals surface area contributed by atoms with Crippen LogP contribution in [0.25, 0.3) is 5.69 Å². The van der Waals surface area contributed by atoms with Crippen LogP contribution in [0.2, 0.25) is 0 Å². The van der Waals surface area contributed by atoms with Crippen LogP contribution < -0.4 is 24.4 Å². The highest BCUT2D eigenvalue weighted by Crippen LogP contribution is 2.45. The van der Waals surface area contributed by atoms with E-state index in [9.17, 15) is 10.1 Å². The van der Waals surface area contributed by atoms with Gasteiger partial charge in [-0.05, 0) is 104 Å². The number of ether oxygens (including phenoxy) is 3. The minimum absolute atomic E-state index is 0.0376. The summed E-state index contributed by atoms with van der Waals surface area (Å²) in [5.41, 5.74) is 5.31. The van der Waals surface area contributed by atoms with Crippen molar-refractivity contribution < 1.29 is 19.1 Å². The third-order valence-electron chi connectivity index (χ3n) is 7.91. The summed E-state index contributed by atoms with van der Waals surface area (Å²) >= 11 is 5.95. The van der Waals surface area contributed by atoms with E-state index in [1.54, 1.807) is 19.4 Å². The summed E-state index contributed by atoms with van der Waals surface area (Å²) in [6.45, 7) is 4.04. The molecule has 3 heterocycles. The maximum absolute atomic E-state index is 11.4. The number of nitrogens with one attached hydrogen (secondary N) is 1. The average molecular weight is 622 g/mol. The van der Waals surface area contributed by atoms with Gasteiger partial charge in [0.25, 0.3) is 5.69 Å². The zero-order valence-corrected chi connectivity index (χ0v) is 25.9. The summed E-state index contributed by atoms with van der Waals surface area (Å²) in [7, 11) is 3.14. The fraction of sp³-hybridized carbons (Fsp3) is 0.176. The lowest BCUT2D eigenvalue weighted by molar-refractivity contribution is -0.384. The number of nitrogens with zero attached hydrogens (tertiary/aromatic N) is 4. The van der Waals surface area contributed by atoms with Gasteiger partial charge in [-0.3, -0.25) is 15.1 Å². The quantitative estimate of drug-likeness (QED) is 0.103.